The molecular weight excluding hydrogens is 376 g/mol. The molecule has 1 fully saturated rings. The van der Waals surface area contributed by atoms with Gasteiger partial charge in [-0.05, 0) is 37.5 Å². The maximum absolute atomic E-state index is 13.1. The van der Waals surface area contributed by atoms with Crippen LogP contribution < -0.4 is 14.4 Å². The summed E-state index contributed by atoms with van der Waals surface area (Å²) >= 11 is 0. The zero-order chi connectivity index (χ0) is 21.7. The number of likely N-dealkylation sites (tertiary alicyclic amines) is 1. The number of nitrogens with zero attached hydrogens (tertiary/aromatic N) is 2. The molecule has 0 N–H and O–H groups in total. The number of carbonyl (C=O) groups is 1. The van der Waals surface area contributed by atoms with Crippen LogP contribution in [0.2, 0.25) is 0 Å². The van der Waals surface area contributed by atoms with E-state index in [0.29, 0.717) is 11.5 Å². The fraction of sp³-hybridized carbons (Fsp3) is 0.480. The van der Waals surface area contributed by atoms with E-state index in [1.165, 1.54) is 11.1 Å². The van der Waals surface area contributed by atoms with E-state index in [0.717, 1.165) is 38.2 Å². The lowest BCUT2D eigenvalue weighted by molar-refractivity contribution is -0.122. The van der Waals surface area contributed by atoms with Gasteiger partial charge in [-0.15, -0.1) is 0 Å². The molecule has 3 rings (SSSR count). The Morgan fingerprint density at radius 1 is 1.03 bits per heavy atom. The molecule has 0 atom stereocenters. The number of aryl methyl sites for hydroxylation is 1. The van der Waals surface area contributed by atoms with Crippen molar-refractivity contribution in [3.05, 3.63) is 53.6 Å². The van der Waals surface area contributed by atoms with Gasteiger partial charge in [0.2, 0.25) is 5.91 Å². The zero-order valence-electron chi connectivity index (χ0n) is 18.9. The highest BCUT2D eigenvalue weighted by Crippen LogP contribution is 2.34. The predicted octanol–water partition coefficient (Wildman–Crippen LogP) is 4.67. The number of piperidine rings is 1. The van der Waals surface area contributed by atoms with Crippen molar-refractivity contribution >= 4 is 11.6 Å². The molecule has 1 aliphatic rings. The second-order valence-corrected chi connectivity index (χ2v) is 8.40. The molecule has 0 unspecified atom stereocenters. The monoisotopic (exact) mass is 410 g/mol. The average Bonchev–Trinajstić information content (AvgIpc) is 2.76. The average molecular weight is 411 g/mol. The molecule has 30 heavy (non-hydrogen) atoms. The van der Waals surface area contributed by atoms with Gasteiger partial charge in [-0.3, -0.25) is 9.69 Å². The number of anilines is 1. The van der Waals surface area contributed by atoms with Gasteiger partial charge in [0.1, 0.15) is 0 Å². The molecular formula is C25H34N2O3. The molecule has 1 amide bonds. The van der Waals surface area contributed by atoms with Crippen LogP contribution in [0.3, 0.4) is 0 Å². The third-order valence-electron chi connectivity index (χ3n) is 5.83. The maximum Gasteiger partial charge on any atom is 0.229 e. The molecule has 162 valence electrons. The van der Waals surface area contributed by atoms with Gasteiger partial charge in [0, 0.05) is 43.3 Å². The number of carbonyl (C=O) groups excluding carboxylic acids is 1. The molecule has 2 aromatic rings. The normalized spacial score (nSPS) is 15.3. The van der Waals surface area contributed by atoms with Crippen LogP contribution in [0, 0.1) is 12.8 Å². The van der Waals surface area contributed by atoms with E-state index in [9.17, 15) is 4.79 Å². The largest absolute Gasteiger partial charge is 0.493 e. The summed E-state index contributed by atoms with van der Waals surface area (Å²) in [7, 11) is 3.25. The third-order valence-corrected chi connectivity index (χ3v) is 5.83. The highest BCUT2D eigenvalue weighted by molar-refractivity contribution is 5.95. The van der Waals surface area contributed by atoms with E-state index in [1.807, 2.05) is 36.9 Å². The highest BCUT2D eigenvalue weighted by atomic mass is 16.5. The summed E-state index contributed by atoms with van der Waals surface area (Å²) in [5.74, 6) is 1.40. The Hall–Kier alpha value is -2.53. The van der Waals surface area contributed by atoms with Crippen LogP contribution >= 0.6 is 0 Å². The van der Waals surface area contributed by atoms with Crippen LogP contribution in [0.5, 0.6) is 11.5 Å². The van der Waals surface area contributed by atoms with Crippen LogP contribution in [0.4, 0.5) is 5.69 Å². The molecule has 1 saturated heterocycles. The first kappa shape index (κ1) is 22.2. The van der Waals surface area contributed by atoms with E-state index in [-0.39, 0.29) is 17.9 Å². The molecule has 1 aliphatic heterocycles. The Morgan fingerprint density at radius 3 is 2.23 bits per heavy atom. The zero-order valence-corrected chi connectivity index (χ0v) is 18.9. The number of benzene rings is 2. The van der Waals surface area contributed by atoms with E-state index in [4.69, 9.17) is 9.47 Å². The van der Waals surface area contributed by atoms with Crippen molar-refractivity contribution in [3.63, 3.8) is 0 Å². The highest BCUT2D eigenvalue weighted by Gasteiger charge is 2.31. The third kappa shape index (κ3) is 5.14. The second-order valence-electron chi connectivity index (χ2n) is 8.40. The van der Waals surface area contributed by atoms with Crippen molar-refractivity contribution in [2.45, 2.75) is 46.2 Å². The Morgan fingerprint density at radius 2 is 1.67 bits per heavy atom. The summed E-state index contributed by atoms with van der Waals surface area (Å²) in [6, 6.07) is 14.7. The van der Waals surface area contributed by atoms with Gasteiger partial charge in [-0.25, -0.2) is 0 Å². The van der Waals surface area contributed by atoms with Crippen molar-refractivity contribution in [1.82, 2.24) is 4.90 Å². The standard InChI is InChI=1S/C25H34N2O3/c1-18(2)25(28)27(22-10-11-23(29-4)24(16-22)30-5)21-12-14-26(15-13-21)17-20-8-6-19(3)7-9-20/h6-11,16,18,21H,12-15,17H2,1-5H3. The van der Waals surface area contributed by atoms with Crippen LogP contribution in [-0.4, -0.2) is 44.2 Å². The molecule has 0 spiro atoms. The maximum atomic E-state index is 13.1. The summed E-state index contributed by atoms with van der Waals surface area (Å²) in [4.78, 5) is 17.6. The summed E-state index contributed by atoms with van der Waals surface area (Å²) in [5.41, 5.74) is 3.51. The molecule has 0 bridgehead atoms. The van der Waals surface area contributed by atoms with Gasteiger partial charge in [0.15, 0.2) is 11.5 Å². The topological polar surface area (TPSA) is 42.0 Å². The minimum atomic E-state index is -0.0660. The van der Waals surface area contributed by atoms with E-state index in [2.05, 4.69) is 36.1 Å². The van der Waals surface area contributed by atoms with Crippen molar-refractivity contribution < 1.29 is 14.3 Å². The van der Waals surface area contributed by atoms with E-state index in [1.54, 1.807) is 14.2 Å². The lowest BCUT2D eigenvalue weighted by Gasteiger charge is -2.39. The van der Waals surface area contributed by atoms with Crippen molar-refractivity contribution in [1.29, 1.82) is 0 Å². The van der Waals surface area contributed by atoms with Gasteiger partial charge in [-0.2, -0.15) is 0 Å². The molecule has 0 aromatic heterocycles. The molecule has 2 aromatic carbocycles. The first-order valence-corrected chi connectivity index (χ1v) is 10.8. The predicted molar refractivity (Wildman–Crippen MR) is 121 cm³/mol. The second kappa shape index (κ2) is 9.98. The Labute approximate surface area is 180 Å². The molecule has 5 nitrogen and oxygen atoms in total. The van der Waals surface area contributed by atoms with Gasteiger partial charge in [-0.1, -0.05) is 43.7 Å². The molecule has 0 aliphatic carbocycles. The van der Waals surface area contributed by atoms with Crippen LogP contribution in [0.1, 0.15) is 37.8 Å². The Bertz CT molecular complexity index is 840. The molecule has 5 heteroatoms. The van der Waals surface area contributed by atoms with Crippen molar-refractivity contribution in [2.24, 2.45) is 5.92 Å². The smallest absolute Gasteiger partial charge is 0.229 e. The van der Waals surface area contributed by atoms with E-state index >= 15 is 0 Å². The van der Waals surface area contributed by atoms with Crippen LogP contribution in [-0.2, 0) is 11.3 Å². The fourth-order valence-corrected chi connectivity index (χ4v) is 4.06. The first-order valence-electron chi connectivity index (χ1n) is 10.8. The van der Waals surface area contributed by atoms with Crippen molar-refractivity contribution in [2.75, 3.05) is 32.2 Å². The van der Waals surface area contributed by atoms with Crippen LogP contribution in [0.15, 0.2) is 42.5 Å². The minimum absolute atomic E-state index is 0.0660. The molecule has 1 heterocycles. The quantitative estimate of drug-likeness (QED) is 0.665. The van der Waals surface area contributed by atoms with Crippen molar-refractivity contribution in [3.8, 4) is 11.5 Å². The Kier molecular flexibility index (Phi) is 7.38. The Balaban J connectivity index is 1.74. The first-order chi connectivity index (χ1) is 14.4. The van der Waals surface area contributed by atoms with Gasteiger partial charge >= 0.3 is 0 Å². The number of ether oxygens (including phenoxy) is 2. The van der Waals surface area contributed by atoms with Crippen LogP contribution in [0.25, 0.3) is 0 Å². The summed E-state index contributed by atoms with van der Waals surface area (Å²) in [6.45, 7) is 8.96. The molecule has 0 saturated carbocycles. The number of amides is 1. The number of hydrogen-bond acceptors (Lipinski definition) is 4. The van der Waals surface area contributed by atoms with Gasteiger partial charge in [0.25, 0.3) is 0 Å². The lowest BCUT2D eigenvalue weighted by atomic mass is 9.99. The van der Waals surface area contributed by atoms with Gasteiger partial charge in [0.05, 0.1) is 14.2 Å². The fourth-order valence-electron chi connectivity index (χ4n) is 4.06. The summed E-state index contributed by atoms with van der Waals surface area (Å²) < 4.78 is 10.8. The summed E-state index contributed by atoms with van der Waals surface area (Å²) in [6.07, 6.45) is 1.91. The number of rotatable bonds is 7. The minimum Gasteiger partial charge on any atom is -0.493 e. The van der Waals surface area contributed by atoms with E-state index < -0.39 is 0 Å². The number of hydrogen-bond donors (Lipinski definition) is 0. The van der Waals surface area contributed by atoms with Gasteiger partial charge < -0.3 is 14.4 Å². The SMILES string of the molecule is COc1ccc(N(C(=O)C(C)C)C2CCN(Cc3ccc(C)cc3)CC2)cc1OC. The lowest BCUT2D eigenvalue weighted by Crippen LogP contribution is -2.48. The number of methoxy groups -OCH3 is 2. The molecule has 0 radical (unpaired) electrons. The summed E-state index contributed by atoms with van der Waals surface area (Å²) in [5, 5.41) is 0.